The van der Waals surface area contributed by atoms with E-state index in [1.165, 1.54) is 0 Å². The van der Waals surface area contributed by atoms with E-state index < -0.39 is 0 Å². The maximum Gasteiger partial charge on any atom is 0.0916 e. The molecule has 56 valence electrons. The fraction of sp³-hybridized carbons (Fsp3) is 0.857. The standard InChI is InChI=1S/C7H11NOS/c1-7(8-6-10)3-2-4-9-5-7/h2-5H2,1H3. The summed E-state index contributed by atoms with van der Waals surface area (Å²) in [4.78, 5) is 4.06. The molecule has 0 saturated carbocycles. The summed E-state index contributed by atoms with van der Waals surface area (Å²) in [7, 11) is 0. The van der Waals surface area contributed by atoms with E-state index >= 15 is 0 Å². The maximum absolute atomic E-state index is 5.26. The highest BCUT2D eigenvalue weighted by molar-refractivity contribution is 7.78. The van der Waals surface area contributed by atoms with Crippen LogP contribution in [0.1, 0.15) is 19.8 Å². The van der Waals surface area contributed by atoms with Crippen LogP contribution in [-0.4, -0.2) is 23.9 Å². The van der Waals surface area contributed by atoms with Crippen molar-refractivity contribution in [3.05, 3.63) is 0 Å². The Hall–Kier alpha value is -0.240. The fourth-order valence-corrected chi connectivity index (χ4v) is 1.34. The Bertz CT molecular complexity index is 157. The van der Waals surface area contributed by atoms with Crippen LogP contribution in [0, 0.1) is 0 Å². The molecule has 2 nitrogen and oxygen atoms in total. The van der Waals surface area contributed by atoms with Crippen molar-refractivity contribution in [2.45, 2.75) is 25.3 Å². The summed E-state index contributed by atoms with van der Waals surface area (Å²) in [5.41, 5.74) is -0.0833. The van der Waals surface area contributed by atoms with Gasteiger partial charge >= 0.3 is 0 Å². The number of aliphatic imine (C=N–C) groups is 1. The SMILES string of the molecule is CC1(N=C=S)CCCOC1. The second-order valence-corrected chi connectivity index (χ2v) is 3.04. The number of nitrogens with zero attached hydrogens (tertiary/aromatic N) is 1. The smallest absolute Gasteiger partial charge is 0.0916 e. The van der Waals surface area contributed by atoms with Crippen LogP contribution in [0.25, 0.3) is 0 Å². The molecule has 0 aliphatic carbocycles. The maximum atomic E-state index is 5.26. The van der Waals surface area contributed by atoms with Crippen LogP contribution in [-0.2, 0) is 4.74 Å². The molecule has 1 atom stereocenters. The molecule has 1 aliphatic heterocycles. The Kier molecular flexibility index (Phi) is 2.55. The van der Waals surface area contributed by atoms with Gasteiger partial charge in [0.2, 0.25) is 0 Å². The van der Waals surface area contributed by atoms with E-state index in [1.807, 2.05) is 6.92 Å². The Balaban J connectivity index is 2.56. The first-order chi connectivity index (χ1) is 4.77. The van der Waals surface area contributed by atoms with E-state index in [4.69, 9.17) is 4.74 Å². The van der Waals surface area contributed by atoms with Crippen LogP contribution >= 0.6 is 12.2 Å². The summed E-state index contributed by atoms with van der Waals surface area (Å²) in [6, 6.07) is 0. The number of hydrogen-bond acceptors (Lipinski definition) is 3. The van der Waals surface area contributed by atoms with E-state index in [9.17, 15) is 0 Å². The van der Waals surface area contributed by atoms with Crippen molar-refractivity contribution in [1.29, 1.82) is 0 Å². The Morgan fingerprint density at radius 3 is 3.00 bits per heavy atom. The van der Waals surface area contributed by atoms with E-state index in [1.54, 1.807) is 0 Å². The summed E-state index contributed by atoms with van der Waals surface area (Å²) < 4.78 is 5.26. The lowest BCUT2D eigenvalue weighted by molar-refractivity contribution is 0.0472. The third-order valence-corrected chi connectivity index (χ3v) is 1.82. The van der Waals surface area contributed by atoms with Gasteiger partial charge in [-0.05, 0) is 32.0 Å². The molecule has 1 fully saturated rings. The van der Waals surface area contributed by atoms with Crippen LogP contribution in [0.15, 0.2) is 4.99 Å². The predicted molar refractivity (Wildman–Crippen MR) is 43.5 cm³/mol. The molecule has 1 saturated heterocycles. The van der Waals surface area contributed by atoms with Gasteiger partial charge in [0, 0.05) is 6.61 Å². The highest BCUT2D eigenvalue weighted by Gasteiger charge is 2.25. The van der Waals surface area contributed by atoms with E-state index in [-0.39, 0.29) is 5.54 Å². The Morgan fingerprint density at radius 2 is 2.50 bits per heavy atom. The van der Waals surface area contributed by atoms with Crippen molar-refractivity contribution in [3.63, 3.8) is 0 Å². The lowest BCUT2D eigenvalue weighted by Gasteiger charge is -2.27. The van der Waals surface area contributed by atoms with Crippen molar-refractivity contribution >= 4 is 17.4 Å². The second-order valence-electron chi connectivity index (χ2n) is 2.86. The minimum Gasteiger partial charge on any atom is -0.379 e. The minimum atomic E-state index is -0.0833. The molecule has 1 rings (SSSR count). The summed E-state index contributed by atoms with van der Waals surface area (Å²) in [6.07, 6.45) is 2.15. The van der Waals surface area contributed by atoms with Crippen LogP contribution in [0.2, 0.25) is 0 Å². The average Bonchev–Trinajstić information content (AvgIpc) is 1.89. The molecule has 0 spiro atoms. The zero-order valence-electron chi connectivity index (χ0n) is 6.09. The molecular weight excluding hydrogens is 146 g/mol. The van der Waals surface area contributed by atoms with Gasteiger partial charge in [0.15, 0.2) is 0 Å². The molecule has 0 aromatic carbocycles. The van der Waals surface area contributed by atoms with Crippen molar-refractivity contribution < 1.29 is 4.74 Å². The highest BCUT2D eigenvalue weighted by atomic mass is 32.1. The van der Waals surface area contributed by atoms with Gasteiger partial charge in [0.25, 0.3) is 0 Å². The molecule has 0 bridgehead atoms. The van der Waals surface area contributed by atoms with Crippen LogP contribution in [0.5, 0.6) is 0 Å². The van der Waals surface area contributed by atoms with Gasteiger partial charge in [-0.3, -0.25) is 0 Å². The summed E-state index contributed by atoms with van der Waals surface area (Å²) in [5, 5.41) is 2.41. The predicted octanol–water partition coefficient (Wildman–Crippen LogP) is 1.66. The number of rotatable bonds is 1. The molecule has 0 aromatic rings. The summed E-state index contributed by atoms with van der Waals surface area (Å²) >= 11 is 4.53. The number of hydrogen-bond donors (Lipinski definition) is 0. The van der Waals surface area contributed by atoms with Gasteiger partial charge in [0.1, 0.15) is 0 Å². The highest BCUT2D eigenvalue weighted by Crippen LogP contribution is 2.21. The van der Waals surface area contributed by atoms with Gasteiger partial charge in [-0.15, -0.1) is 0 Å². The minimum absolute atomic E-state index is 0.0833. The monoisotopic (exact) mass is 157 g/mol. The molecule has 0 radical (unpaired) electrons. The Morgan fingerprint density at radius 1 is 1.70 bits per heavy atom. The van der Waals surface area contributed by atoms with E-state index in [0.29, 0.717) is 6.61 Å². The molecule has 1 aliphatic rings. The topological polar surface area (TPSA) is 21.6 Å². The number of thiocarbonyl (C=S) groups is 1. The van der Waals surface area contributed by atoms with Crippen molar-refractivity contribution in [3.8, 4) is 0 Å². The zero-order chi connectivity index (χ0) is 7.45. The zero-order valence-corrected chi connectivity index (χ0v) is 6.91. The van der Waals surface area contributed by atoms with Crippen molar-refractivity contribution in [2.24, 2.45) is 4.99 Å². The first-order valence-corrected chi connectivity index (χ1v) is 3.84. The number of isothiocyanates is 1. The van der Waals surface area contributed by atoms with Crippen molar-refractivity contribution in [2.75, 3.05) is 13.2 Å². The van der Waals surface area contributed by atoms with Crippen LogP contribution in [0.4, 0.5) is 0 Å². The van der Waals surface area contributed by atoms with Crippen molar-refractivity contribution in [1.82, 2.24) is 0 Å². The third-order valence-electron chi connectivity index (χ3n) is 1.73. The van der Waals surface area contributed by atoms with Crippen LogP contribution in [0.3, 0.4) is 0 Å². The molecule has 3 heteroatoms. The van der Waals surface area contributed by atoms with E-state index in [2.05, 4.69) is 22.4 Å². The molecule has 1 unspecified atom stereocenters. The second kappa shape index (κ2) is 3.24. The van der Waals surface area contributed by atoms with Gasteiger partial charge < -0.3 is 4.74 Å². The summed E-state index contributed by atoms with van der Waals surface area (Å²) in [6.45, 7) is 3.60. The number of ether oxygens (including phenoxy) is 1. The first kappa shape index (κ1) is 7.86. The van der Waals surface area contributed by atoms with Gasteiger partial charge in [0.05, 0.1) is 17.3 Å². The van der Waals surface area contributed by atoms with Crippen LogP contribution < -0.4 is 0 Å². The molecule has 0 aromatic heterocycles. The normalized spacial score (nSPS) is 32.9. The summed E-state index contributed by atoms with van der Waals surface area (Å²) in [5.74, 6) is 0. The van der Waals surface area contributed by atoms with Gasteiger partial charge in [-0.2, -0.15) is 0 Å². The molecule has 1 heterocycles. The van der Waals surface area contributed by atoms with Gasteiger partial charge in [-0.25, -0.2) is 4.99 Å². The quantitative estimate of drug-likeness (QED) is 0.426. The molecule has 10 heavy (non-hydrogen) atoms. The lowest BCUT2D eigenvalue weighted by Crippen LogP contribution is -2.33. The Labute approximate surface area is 66.3 Å². The molecule has 0 N–H and O–H groups in total. The van der Waals surface area contributed by atoms with Gasteiger partial charge in [-0.1, -0.05) is 0 Å². The van der Waals surface area contributed by atoms with E-state index in [0.717, 1.165) is 19.4 Å². The third kappa shape index (κ3) is 1.87. The molecular formula is C7H11NOS. The first-order valence-electron chi connectivity index (χ1n) is 3.44. The lowest BCUT2D eigenvalue weighted by atomic mass is 9.96. The molecule has 0 amide bonds. The fourth-order valence-electron chi connectivity index (χ4n) is 1.12. The largest absolute Gasteiger partial charge is 0.379 e. The average molecular weight is 157 g/mol.